The summed E-state index contributed by atoms with van der Waals surface area (Å²) < 4.78 is 16.6. The molecule has 0 aromatic carbocycles. The van der Waals surface area contributed by atoms with E-state index in [1.54, 1.807) is 0 Å². The van der Waals surface area contributed by atoms with Crippen LogP contribution in [0.3, 0.4) is 0 Å². The summed E-state index contributed by atoms with van der Waals surface area (Å²) in [6, 6.07) is 0. The van der Waals surface area contributed by atoms with Crippen LogP contribution in [-0.2, 0) is 28.6 Å². The third kappa shape index (κ3) is 39.6. The molecule has 0 bridgehead atoms. The molecule has 1 atom stereocenters. The average Bonchev–Trinajstić information content (AvgIpc) is 3.11. The van der Waals surface area contributed by atoms with Gasteiger partial charge in [0.2, 0.25) is 0 Å². The summed E-state index contributed by atoms with van der Waals surface area (Å²) in [4.78, 5) is 37.4. The molecule has 0 saturated carbocycles. The van der Waals surface area contributed by atoms with E-state index in [1.165, 1.54) is 128 Å². The lowest BCUT2D eigenvalue weighted by molar-refractivity contribution is -0.167. The first-order valence-electron chi connectivity index (χ1n) is 22.7. The molecule has 0 N–H and O–H groups in total. The average molecular weight is 737 g/mol. The van der Waals surface area contributed by atoms with E-state index in [1.807, 2.05) is 0 Å². The summed E-state index contributed by atoms with van der Waals surface area (Å²) >= 11 is 0. The van der Waals surface area contributed by atoms with Gasteiger partial charge in [0.05, 0.1) is 0 Å². The molecule has 0 rings (SSSR count). The standard InChI is InChI=1S/C46H88O6/c1-6-7-8-24-31-36-44(47)50-39-43(52-46(49)38-33-28-23-19-15-17-21-26-30-35-42(4)5)40-51-45(48)37-32-27-22-18-14-12-10-9-11-13-16-20-25-29-34-41(2)3/h41-43H,6-40H2,1-5H3/t43-/m0/s1. The lowest BCUT2D eigenvalue weighted by Crippen LogP contribution is -2.30. The fraction of sp³-hybridized carbons (Fsp3) is 0.935. The highest BCUT2D eigenvalue weighted by atomic mass is 16.6. The number of rotatable bonds is 40. The summed E-state index contributed by atoms with van der Waals surface area (Å²) in [6.45, 7) is 11.3. The molecule has 6 heteroatoms. The summed E-state index contributed by atoms with van der Waals surface area (Å²) in [6.07, 6.45) is 36.9. The number of unbranched alkanes of at least 4 members (excludes halogenated alkanes) is 25. The molecule has 308 valence electrons. The maximum Gasteiger partial charge on any atom is 0.306 e. The molecule has 0 aliphatic carbocycles. The van der Waals surface area contributed by atoms with Crippen LogP contribution in [0.2, 0.25) is 0 Å². The Balaban J connectivity index is 4.15. The second kappa shape index (κ2) is 39.1. The van der Waals surface area contributed by atoms with Gasteiger partial charge in [-0.05, 0) is 31.1 Å². The fourth-order valence-electron chi connectivity index (χ4n) is 6.75. The zero-order valence-electron chi connectivity index (χ0n) is 35.4. The van der Waals surface area contributed by atoms with Crippen molar-refractivity contribution in [3.8, 4) is 0 Å². The molecule has 6 nitrogen and oxygen atoms in total. The van der Waals surface area contributed by atoms with Gasteiger partial charge in [-0.2, -0.15) is 0 Å². The second-order valence-corrected chi connectivity index (χ2v) is 16.6. The van der Waals surface area contributed by atoms with Crippen LogP contribution in [0.1, 0.15) is 247 Å². The van der Waals surface area contributed by atoms with Gasteiger partial charge in [0.1, 0.15) is 13.2 Å². The maximum absolute atomic E-state index is 12.6. The highest BCUT2D eigenvalue weighted by molar-refractivity contribution is 5.71. The van der Waals surface area contributed by atoms with Crippen LogP contribution < -0.4 is 0 Å². The highest BCUT2D eigenvalue weighted by Crippen LogP contribution is 2.16. The van der Waals surface area contributed by atoms with Crippen molar-refractivity contribution in [2.24, 2.45) is 11.8 Å². The van der Waals surface area contributed by atoms with E-state index in [0.29, 0.717) is 19.3 Å². The first-order valence-corrected chi connectivity index (χ1v) is 22.7. The Bertz CT molecular complexity index is 794. The molecule has 0 aromatic heterocycles. The first kappa shape index (κ1) is 50.4. The zero-order chi connectivity index (χ0) is 38.3. The van der Waals surface area contributed by atoms with Gasteiger partial charge in [-0.25, -0.2) is 0 Å². The van der Waals surface area contributed by atoms with E-state index in [4.69, 9.17) is 14.2 Å². The lowest BCUT2D eigenvalue weighted by Gasteiger charge is -2.18. The Labute approximate surface area is 323 Å². The van der Waals surface area contributed by atoms with Gasteiger partial charge in [-0.3, -0.25) is 14.4 Å². The van der Waals surface area contributed by atoms with E-state index in [9.17, 15) is 14.4 Å². The fourth-order valence-corrected chi connectivity index (χ4v) is 6.75. The van der Waals surface area contributed by atoms with Gasteiger partial charge < -0.3 is 14.2 Å². The van der Waals surface area contributed by atoms with Gasteiger partial charge in [-0.15, -0.1) is 0 Å². The number of carbonyl (C=O) groups excluding carboxylic acids is 3. The molecule has 0 radical (unpaired) electrons. The van der Waals surface area contributed by atoms with Crippen LogP contribution in [0.4, 0.5) is 0 Å². The first-order chi connectivity index (χ1) is 25.2. The van der Waals surface area contributed by atoms with Gasteiger partial charge in [-0.1, -0.05) is 208 Å². The van der Waals surface area contributed by atoms with Crippen molar-refractivity contribution >= 4 is 17.9 Å². The van der Waals surface area contributed by atoms with Crippen LogP contribution in [0.25, 0.3) is 0 Å². The Morgan fingerprint density at radius 3 is 0.942 bits per heavy atom. The van der Waals surface area contributed by atoms with Gasteiger partial charge in [0, 0.05) is 19.3 Å². The van der Waals surface area contributed by atoms with E-state index in [2.05, 4.69) is 34.6 Å². The SMILES string of the molecule is CCCCCCCC(=O)OC[C@@H](COC(=O)CCCCCCCCCCCCCCCCC(C)C)OC(=O)CCCCCCCCCCCC(C)C. The number of ether oxygens (including phenoxy) is 3. The van der Waals surface area contributed by atoms with Gasteiger partial charge in [0.25, 0.3) is 0 Å². The van der Waals surface area contributed by atoms with E-state index >= 15 is 0 Å². The molecule has 0 fully saturated rings. The molecule has 0 aliphatic heterocycles. The minimum Gasteiger partial charge on any atom is -0.462 e. The smallest absolute Gasteiger partial charge is 0.306 e. The molecule has 0 aliphatic rings. The number of hydrogen-bond donors (Lipinski definition) is 0. The number of hydrogen-bond acceptors (Lipinski definition) is 6. The van der Waals surface area contributed by atoms with Crippen molar-refractivity contribution in [2.45, 2.75) is 253 Å². The summed E-state index contributed by atoms with van der Waals surface area (Å²) in [5.74, 6) is 0.779. The van der Waals surface area contributed by atoms with Crippen molar-refractivity contribution in [1.82, 2.24) is 0 Å². The molecule has 0 spiro atoms. The molecule has 0 amide bonds. The molecular formula is C46H88O6. The Kier molecular flexibility index (Phi) is 37.9. The van der Waals surface area contributed by atoms with E-state index in [0.717, 1.165) is 76.0 Å². The van der Waals surface area contributed by atoms with Crippen molar-refractivity contribution in [3.63, 3.8) is 0 Å². The van der Waals surface area contributed by atoms with Gasteiger partial charge >= 0.3 is 17.9 Å². The quantitative estimate of drug-likeness (QED) is 0.0354. The largest absolute Gasteiger partial charge is 0.462 e. The molecule has 0 saturated heterocycles. The van der Waals surface area contributed by atoms with Crippen molar-refractivity contribution < 1.29 is 28.6 Å². The van der Waals surface area contributed by atoms with Crippen LogP contribution in [0.5, 0.6) is 0 Å². The van der Waals surface area contributed by atoms with E-state index < -0.39 is 6.10 Å². The Morgan fingerprint density at radius 2 is 0.635 bits per heavy atom. The van der Waals surface area contributed by atoms with Crippen LogP contribution in [0, 0.1) is 11.8 Å². The van der Waals surface area contributed by atoms with Crippen LogP contribution >= 0.6 is 0 Å². The predicted octanol–water partition coefficient (Wildman–Crippen LogP) is 14.2. The molecule has 0 heterocycles. The molecule has 0 aromatic rings. The van der Waals surface area contributed by atoms with Gasteiger partial charge in [0.15, 0.2) is 6.10 Å². The third-order valence-corrected chi connectivity index (χ3v) is 10.2. The molecular weight excluding hydrogens is 649 g/mol. The minimum atomic E-state index is -0.758. The Morgan fingerprint density at radius 1 is 0.365 bits per heavy atom. The lowest BCUT2D eigenvalue weighted by atomic mass is 10.0. The summed E-state index contributed by atoms with van der Waals surface area (Å²) in [5, 5.41) is 0. The highest BCUT2D eigenvalue weighted by Gasteiger charge is 2.19. The molecule has 0 unspecified atom stereocenters. The van der Waals surface area contributed by atoms with Crippen molar-refractivity contribution in [2.75, 3.05) is 13.2 Å². The third-order valence-electron chi connectivity index (χ3n) is 10.2. The summed E-state index contributed by atoms with van der Waals surface area (Å²) in [5.41, 5.74) is 0. The predicted molar refractivity (Wildman–Crippen MR) is 220 cm³/mol. The normalized spacial score (nSPS) is 12.1. The van der Waals surface area contributed by atoms with Crippen molar-refractivity contribution in [3.05, 3.63) is 0 Å². The number of carbonyl (C=O) groups is 3. The Hall–Kier alpha value is -1.59. The van der Waals surface area contributed by atoms with E-state index in [-0.39, 0.29) is 31.1 Å². The van der Waals surface area contributed by atoms with Crippen molar-refractivity contribution in [1.29, 1.82) is 0 Å². The monoisotopic (exact) mass is 737 g/mol. The summed E-state index contributed by atoms with van der Waals surface area (Å²) in [7, 11) is 0. The zero-order valence-corrected chi connectivity index (χ0v) is 35.4. The number of esters is 3. The maximum atomic E-state index is 12.6. The minimum absolute atomic E-state index is 0.0658. The van der Waals surface area contributed by atoms with Crippen LogP contribution in [-0.4, -0.2) is 37.2 Å². The molecule has 52 heavy (non-hydrogen) atoms. The topological polar surface area (TPSA) is 78.9 Å². The second-order valence-electron chi connectivity index (χ2n) is 16.6. The van der Waals surface area contributed by atoms with Crippen LogP contribution in [0.15, 0.2) is 0 Å².